The van der Waals surface area contributed by atoms with E-state index in [1.54, 1.807) is 0 Å². The first-order chi connectivity index (χ1) is 6.97. The molecule has 0 saturated heterocycles. The van der Waals surface area contributed by atoms with Gasteiger partial charge in [0.1, 0.15) is 0 Å². The Morgan fingerprint density at radius 2 is 1.87 bits per heavy atom. The number of hydrogen-bond acceptors (Lipinski definition) is 1. The summed E-state index contributed by atoms with van der Waals surface area (Å²) in [4.78, 5) is 0. The molecule has 0 aromatic rings. The van der Waals surface area contributed by atoms with Gasteiger partial charge in [-0.2, -0.15) is 0 Å². The maximum absolute atomic E-state index is 3.67. The Bertz CT molecular complexity index is 184. The predicted molar refractivity (Wildman–Crippen MR) is 68.0 cm³/mol. The third-order valence-electron chi connectivity index (χ3n) is 3.84. The van der Waals surface area contributed by atoms with E-state index in [0.717, 1.165) is 24.4 Å². The molecule has 0 aromatic carbocycles. The molecule has 1 saturated carbocycles. The van der Waals surface area contributed by atoms with E-state index in [4.69, 9.17) is 0 Å². The molecule has 2 atom stereocenters. The minimum Gasteiger partial charge on any atom is -0.314 e. The highest BCUT2D eigenvalue weighted by atomic mass is 14.9. The molecule has 0 heterocycles. The summed E-state index contributed by atoms with van der Waals surface area (Å²) in [5.41, 5.74) is 0.616. The van der Waals surface area contributed by atoms with Crippen LogP contribution in [0.2, 0.25) is 0 Å². The van der Waals surface area contributed by atoms with Crippen LogP contribution in [0.3, 0.4) is 0 Å². The molecular weight excluding hydrogens is 182 g/mol. The van der Waals surface area contributed by atoms with Gasteiger partial charge in [0.15, 0.2) is 0 Å². The fourth-order valence-electron chi connectivity index (χ4n) is 2.65. The maximum Gasteiger partial charge on any atom is 0.0100 e. The molecule has 0 aliphatic heterocycles. The molecular formula is C14H29N. The second-order valence-corrected chi connectivity index (χ2v) is 6.29. The SMILES string of the molecule is CCNC(CCCC(C)C)C1CC1(C)C. The van der Waals surface area contributed by atoms with Crippen molar-refractivity contribution in [3.8, 4) is 0 Å². The van der Waals surface area contributed by atoms with Crippen molar-refractivity contribution in [1.29, 1.82) is 0 Å². The zero-order chi connectivity index (χ0) is 11.5. The maximum atomic E-state index is 3.67. The smallest absolute Gasteiger partial charge is 0.0100 e. The van der Waals surface area contributed by atoms with Crippen molar-refractivity contribution in [2.24, 2.45) is 17.3 Å². The fraction of sp³-hybridized carbons (Fsp3) is 1.00. The average molecular weight is 211 g/mol. The molecule has 0 radical (unpaired) electrons. The van der Waals surface area contributed by atoms with E-state index < -0.39 is 0 Å². The quantitative estimate of drug-likeness (QED) is 0.674. The largest absolute Gasteiger partial charge is 0.314 e. The molecule has 1 heteroatoms. The van der Waals surface area contributed by atoms with E-state index in [0.29, 0.717) is 5.41 Å². The first kappa shape index (κ1) is 13.0. The van der Waals surface area contributed by atoms with Crippen LogP contribution in [0.5, 0.6) is 0 Å². The lowest BCUT2D eigenvalue weighted by Crippen LogP contribution is -2.32. The van der Waals surface area contributed by atoms with E-state index in [1.807, 2.05) is 0 Å². The van der Waals surface area contributed by atoms with Crippen molar-refractivity contribution in [3.63, 3.8) is 0 Å². The Morgan fingerprint density at radius 1 is 1.27 bits per heavy atom. The Morgan fingerprint density at radius 3 is 2.27 bits per heavy atom. The molecule has 90 valence electrons. The van der Waals surface area contributed by atoms with Crippen molar-refractivity contribution in [2.45, 2.75) is 66.3 Å². The van der Waals surface area contributed by atoms with Crippen LogP contribution in [-0.2, 0) is 0 Å². The summed E-state index contributed by atoms with van der Waals surface area (Å²) in [5, 5.41) is 3.67. The highest BCUT2D eigenvalue weighted by Gasteiger charge is 2.49. The summed E-state index contributed by atoms with van der Waals surface area (Å²) < 4.78 is 0. The molecule has 0 amide bonds. The fourth-order valence-corrected chi connectivity index (χ4v) is 2.65. The minimum absolute atomic E-state index is 0.616. The molecule has 1 rings (SSSR count). The number of nitrogens with one attached hydrogen (secondary N) is 1. The lowest BCUT2D eigenvalue weighted by atomic mass is 9.97. The minimum atomic E-state index is 0.616. The van der Waals surface area contributed by atoms with Crippen LogP contribution in [0.25, 0.3) is 0 Å². The molecule has 1 aliphatic carbocycles. The summed E-state index contributed by atoms with van der Waals surface area (Å²) in [6.07, 6.45) is 5.57. The molecule has 2 unspecified atom stereocenters. The Labute approximate surface area is 96.0 Å². The van der Waals surface area contributed by atoms with Crippen molar-refractivity contribution in [1.82, 2.24) is 5.32 Å². The molecule has 1 nitrogen and oxygen atoms in total. The van der Waals surface area contributed by atoms with Gasteiger partial charge < -0.3 is 5.32 Å². The van der Waals surface area contributed by atoms with Gasteiger partial charge in [0.05, 0.1) is 0 Å². The first-order valence-electron chi connectivity index (χ1n) is 6.70. The molecule has 0 bridgehead atoms. The number of rotatable bonds is 7. The van der Waals surface area contributed by atoms with Gasteiger partial charge in [0.25, 0.3) is 0 Å². The van der Waals surface area contributed by atoms with Gasteiger partial charge in [0, 0.05) is 6.04 Å². The van der Waals surface area contributed by atoms with E-state index in [2.05, 4.69) is 39.9 Å². The topological polar surface area (TPSA) is 12.0 Å². The normalized spacial score (nSPS) is 25.6. The van der Waals surface area contributed by atoms with Crippen LogP contribution in [0, 0.1) is 17.3 Å². The molecule has 0 aromatic heterocycles. The Hall–Kier alpha value is -0.0400. The van der Waals surface area contributed by atoms with Gasteiger partial charge in [-0.05, 0) is 36.6 Å². The van der Waals surface area contributed by atoms with Gasteiger partial charge in [0.2, 0.25) is 0 Å². The van der Waals surface area contributed by atoms with Gasteiger partial charge >= 0.3 is 0 Å². The van der Waals surface area contributed by atoms with Crippen LogP contribution in [0.1, 0.15) is 60.3 Å². The zero-order valence-electron chi connectivity index (χ0n) is 11.3. The van der Waals surface area contributed by atoms with Crippen LogP contribution in [-0.4, -0.2) is 12.6 Å². The van der Waals surface area contributed by atoms with Crippen molar-refractivity contribution < 1.29 is 0 Å². The highest BCUT2D eigenvalue weighted by Crippen LogP contribution is 2.54. The second-order valence-electron chi connectivity index (χ2n) is 6.29. The first-order valence-corrected chi connectivity index (χ1v) is 6.70. The van der Waals surface area contributed by atoms with Gasteiger partial charge in [-0.1, -0.05) is 47.5 Å². The second kappa shape index (κ2) is 5.34. The summed E-state index contributed by atoms with van der Waals surface area (Å²) in [6.45, 7) is 12.8. The predicted octanol–water partition coefficient (Wildman–Crippen LogP) is 3.84. The van der Waals surface area contributed by atoms with Crippen LogP contribution in [0.4, 0.5) is 0 Å². The Balaban J connectivity index is 2.26. The lowest BCUT2D eigenvalue weighted by molar-refractivity contribution is 0.371. The molecule has 0 spiro atoms. The molecule has 15 heavy (non-hydrogen) atoms. The summed E-state index contributed by atoms with van der Waals surface area (Å²) in [6, 6.07) is 0.781. The monoisotopic (exact) mass is 211 g/mol. The van der Waals surface area contributed by atoms with Crippen LogP contribution >= 0.6 is 0 Å². The average Bonchev–Trinajstić information content (AvgIpc) is 2.73. The third kappa shape index (κ3) is 4.14. The zero-order valence-corrected chi connectivity index (χ0v) is 11.3. The van der Waals surface area contributed by atoms with Crippen molar-refractivity contribution >= 4 is 0 Å². The third-order valence-corrected chi connectivity index (χ3v) is 3.84. The number of hydrogen-bond donors (Lipinski definition) is 1. The van der Waals surface area contributed by atoms with Crippen molar-refractivity contribution in [2.75, 3.05) is 6.54 Å². The molecule has 1 fully saturated rings. The summed E-state index contributed by atoms with van der Waals surface area (Å²) in [5.74, 6) is 1.80. The van der Waals surface area contributed by atoms with Gasteiger partial charge in [-0.25, -0.2) is 0 Å². The standard InChI is InChI=1S/C14H29N/c1-6-15-13(9-7-8-11(2)3)12-10-14(12,4)5/h11-13,15H,6-10H2,1-5H3. The summed E-state index contributed by atoms with van der Waals surface area (Å²) >= 11 is 0. The van der Waals surface area contributed by atoms with Crippen LogP contribution < -0.4 is 5.32 Å². The highest BCUT2D eigenvalue weighted by molar-refractivity contribution is 5.01. The van der Waals surface area contributed by atoms with Gasteiger partial charge in [-0.3, -0.25) is 0 Å². The molecule has 1 N–H and O–H groups in total. The Kier molecular flexibility index (Phi) is 4.64. The van der Waals surface area contributed by atoms with Gasteiger partial charge in [-0.15, -0.1) is 0 Å². The molecule has 1 aliphatic rings. The van der Waals surface area contributed by atoms with E-state index in [-0.39, 0.29) is 0 Å². The van der Waals surface area contributed by atoms with E-state index >= 15 is 0 Å². The lowest BCUT2D eigenvalue weighted by Gasteiger charge is -2.20. The van der Waals surface area contributed by atoms with E-state index in [9.17, 15) is 0 Å². The summed E-state index contributed by atoms with van der Waals surface area (Å²) in [7, 11) is 0. The van der Waals surface area contributed by atoms with Crippen LogP contribution in [0.15, 0.2) is 0 Å². The van der Waals surface area contributed by atoms with Crippen molar-refractivity contribution in [3.05, 3.63) is 0 Å². The van der Waals surface area contributed by atoms with E-state index in [1.165, 1.54) is 25.7 Å².